The number of anilines is 2. The lowest BCUT2D eigenvalue weighted by molar-refractivity contribution is -0.304. The van der Waals surface area contributed by atoms with Crippen molar-refractivity contribution in [3.8, 4) is 11.3 Å². The summed E-state index contributed by atoms with van der Waals surface area (Å²) >= 11 is 7.23. The highest BCUT2D eigenvalue weighted by Gasteiger charge is 2.14. The molecule has 0 spiro atoms. The summed E-state index contributed by atoms with van der Waals surface area (Å²) in [5.74, 6) is -1.13. The van der Waals surface area contributed by atoms with Gasteiger partial charge in [0.15, 0.2) is 5.13 Å². The van der Waals surface area contributed by atoms with Gasteiger partial charge in [-0.15, -0.1) is 11.3 Å². The molecule has 0 aliphatic carbocycles. The van der Waals surface area contributed by atoms with Crippen LogP contribution >= 0.6 is 22.9 Å². The van der Waals surface area contributed by atoms with Crippen LogP contribution in [0.1, 0.15) is 10.4 Å². The zero-order valence-electron chi connectivity index (χ0n) is 12.9. The van der Waals surface area contributed by atoms with Crippen LogP contribution in [0.5, 0.6) is 0 Å². The lowest BCUT2D eigenvalue weighted by atomic mass is 10.1. The second-order valence-corrected chi connectivity index (χ2v) is 6.81. The Morgan fingerprint density at radius 1 is 1.21 bits per heavy atom. The normalized spacial score (nSPS) is 10.6. The minimum atomic E-state index is -1.13. The first kappa shape index (κ1) is 16.5. The summed E-state index contributed by atoms with van der Waals surface area (Å²) in [6, 6.07) is 15.0. The van der Waals surface area contributed by atoms with Crippen molar-refractivity contribution >= 4 is 39.7 Å². The second-order valence-electron chi connectivity index (χ2n) is 5.29. The zero-order valence-corrected chi connectivity index (χ0v) is 14.4. The molecule has 0 bridgehead atoms. The molecule has 0 radical (unpaired) electrons. The maximum atomic E-state index is 11.1. The van der Waals surface area contributed by atoms with Crippen LogP contribution in [0.4, 0.5) is 10.8 Å². The Morgan fingerprint density at radius 2 is 1.92 bits per heavy atom. The van der Waals surface area contributed by atoms with Crippen LogP contribution in [0, 0.1) is 6.92 Å². The van der Waals surface area contributed by atoms with Crippen LogP contribution in [0.3, 0.4) is 0 Å². The van der Waals surface area contributed by atoms with Crippen molar-refractivity contribution < 1.29 is 9.90 Å². The Hall–Kier alpha value is -2.37. The van der Waals surface area contributed by atoms with Crippen molar-refractivity contribution in [2.75, 3.05) is 5.32 Å². The second kappa shape index (κ2) is 7.03. The summed E-state index contributed by atoms with van der Waals surface area (Å²) in [5.41, 5.74) is 3.48. The Kier molecular flexibility index (Phi) is 4.83. The quantitative estimate of drug-likeness (QED) is 0.754. The predicted molar refractivity (Wildman–Crippen MR) is 95.7 cm³/mol. The van der Waals surface area contributed by atoms with Gasteiger partial charge in [-0.3, -0.25) is 0 Å². The Labute approximate surface area is 148 Å². The third kappa shape index (κ3) is 3.75. The molecule has 0 amide bonds. The monoisotopic (exact) mass is 357 g/mol. The number of carbonyl (C=O) groups is 1. The molecule has 3 aromatic rings. The van der Waals surface area contributed by atoms with Gasteiger partial charge in [0.1, 0.15) is 0 Å². The minimum absolute atomic E-state index is 0.176. The highest BCUT2D eigenvalue weighted by molar-refractivity contribution is 7.16. The van der Waals surface area contributed by atoms with E-state index in [4.69, 9.17) is 11.6 Å². The van der Waals surface area contributed by atoms with Crippen LogP contribution in [-0.2, 0) is 11.2 Å². The van der Waals surface area contributed by atoms with Gasteiger partial charge < -0.3 is 15.2 Å². The fourth-order valence-corrected chi connectivity index (χ4v) is 3.43. The number of halogens is 1. The van der Waals surface area contributed by atoms with Crippen molar-refractivity contribution in [1.82, 2.24) is 4.98 Å². The van der Waals surface area contributed by atoms with Crippen molar-refractivity contribution in [1.29, 1.82) is 0 Å². The topological polar surface area (TPSA) is 65.0 Å². The van der Waals surface area contributed by atoms with E-state index in [9.17, 15) is 9.90 Å². The number of nitrogens with zero attached hydrogens (tertiary/aromatic N) is 1. The molecule has 2 aromatic carbocycles. The molecule has 0 saturated carbocycles. The van der Waals surface area contributed by atoms with Crippen LogP contribution in [0.25, 0.3) is 11.3 Å². The summed E-state index contributed by atoms with van der Waals surface area (Å²) in [4.78, 5) is 16.3. The Bertz CT molecular complexity index is 875. The van der Waals surface area contributed by atoms with Gasteiger partial charge in [0.05, 0.1) is 5.69 Å². The third-order valence-corrected chi connectivity index (χ3v) is 4.73. The maximum Gasteiger partial charge on any atom is 0.187 e. The van der Waals surface area contributed by atoms with E-state index in [0.717, 1.165) is 16.8 Å². The number of carbonyl (C=O) groups excluding carboxylic acids is 1. The van der Waals surface area contributed by atoms with Crippen LogP contribution in [0.15, 0.2) is 48.5 Å². The smallest absolute Gasteiger partial charge is 0.187 e. The summed E-state index contributed by atoms with van der Waals surface area (Å²) < 4.78 is 0. The molecular formula is C18H14ClN2O2S-. The molecule has 122 valence electrons. The molecule has 0 atom stereocenters. The van der Waals surface area contributed by atoms with Crippen molar-refractivity contribution in [3.05, 3.63) is 64.0 Å². The largest absolute Gasteiger partial charge is 0.550 e. The highest BCUT2D eigenvalue weighted by atomic mass is 35.5. The van der Waals surface area contributed by atoms with Gasteiger partial charge in [-0.1, -0.05) is 41.9 Å². The molecule has 0 fully saturated rings. The number of aliphatic carboxylic acids is 1. The summed E-state index contributed by atoms with van der Waals surface area (Å²) in [7, 11) is 0. The van der Waals surface area contributed by atoms with E-state index >= 15 is 0 Å². The van der Waals surface area contributed by atoms with Gasteiger partial charge >= 0.3 is 0 Å². The SMILES string of the molecule is Cc1ccccc1Nc1nc(-c2ccc(Cl)cc2)c(CC(=O)[O-])s1. The molecule has 0 aliphatic rings. The first-order chi connectivity index (χ1) is 11.5. The van der Waals surface area contributed by atoms with Gasteiger partial charge in [-0.25, -0.2) is 4.98 Å². The molecule has 0 saturated heterocycles. The standard InChI is InChI=1S/C18H15ClN2O2S/c1-11-4-2-3-5-14(11)20-18-21-17(15(24-18)10-16(22)23)12-6-8-13(19)9-7-12/h2-9H,10H2,1H3,(H,20,21)(H,22,23)/p-1. The molecule has 24 heavy (non-hydrogen) atoms. The molecule has 0 unspecified atom stereocenters. The first-order valence-corrected chi connectivity index (χ1v) is 8.50. The molecule has 1 N–H and O–H groups in total. The van der Waals surface area contributed by atoms with Crippen molar-refractivity contribution in [3.63, 3.8) is 0 Å². The third-order valence-electron chi connectivity index (χ3n) is 3.51. The van der Waals surface area contributed by atoms with Gasteiger partial charge in [0, 0.05) is 33.5 Å². The molecule has 4 nitrogen and oxygen atoms in total. The van der Waals surface area contributed by atoms with E-state index in [1.165, 1.54) is 11.3 Å². The number of carboxylic acids is 1. The number of hydrogen-bond acceptors (Lipinski definition) is 5. The fraction of sp³-hybridized carbons (Fsp3) is 0.111. The lowest BCUT2D eigenvalue weighted by Gasteiger charge is -2.05. The molecule has 1 aromatic heterocycles. The van der Waals surface area contributed by atoms with E-state index in [0.29, 0.717) is 20.7 Å². The van der Waals surface area contributed by atoms with Crippen molar-refractivity contribution in [2.45, 2.75) is 13.3 Å². The van der Waals surface area contributed by atoms with Crippen LogP contribution < -0.4 is 10.4 Å². The van der Waals surface area contributed by atoms with Crippen LogP contribution in [-0.4, -0.2) is 11.0 Å². The minimum Gasteiger partial charge on any atom is -0.550 e. The number of benzene rings is 2. The summed E-state index contributed by atoms with van der Waals surface area (Å²) in [6.45, 7) is 2.00. The van der Waals surface area contributed by atoms with Gasteiger partial charge in [-0.05, 0) is 30.7 Å². The number of rotatable bonds is 5. The Balaban J connectivity index is 1.98. The molecule has 6 heteroatoms. The first-order valence-electron chi connectivity index (χ1n) is 7.31. The number of aromatic nitrogens is 1. The van der Waals surface area contributed by atoms with Crippen molar-refractivity contribution in [2.24, 2.45) is 0 Å². The zero-order chi connectivity index (χ0) is 17.1. The van der Waals surface area contributed by atoms with Gasteiger partial charge in [0.2, 0.25) is 0 Å². The number of hydrogen-bond donors (Lipinski definition) is 1. The number of thiazole rings is 1. The van der Waals surface area contributed by atoms with E-state index in [1.54, 1.807) is 12.1 Å². The van der Waals surface area contributed by atoms with Gasteiger partial charge in [-0.2, -0.15) is 0 Å². The van der Waals surface area contributed by atoms with Gasteiger partial charge in [0.25, 0.3) is 0 Å². The molecular weight excluding hydrogens is 344 g/mol. The van der Waals surface area contributed by atoms with Crippen LogP contribution in [0.2, 0.25) is 5.02 Å². The summed E-state index contributed by atoms with van der Waals surface area (Å²) in [5, 5.41) is 15.6. The van der Waals surface area contributed by atoms with E-state index in [1.807, 2.05) is 43.3 Å². The average molecular weight is 358 g/mol. The van der Waals surface area contributed by atoms with E-state index < -0.39 is 5.97 Å². The Morgan fingerprint density at radius 3 is 2.58 bits per heavy atom. The average Bonchev–Trinajstić information content (AvgIpc) is 2.92. The fourth-order valence-electron chi connectivity index (χ4n) is 2.32. The lowest BCUT2D eigenvalue weighted by Crippen LogP contribution is -2.24. The number of aryl methyl sites for hydroxylation is 1. The molecule has 3 rings (SSSR count). The summed E-state index contributed by atoms with van der Waals surface area (Å²) in [6.07, 6.45) is -0.176. The maximum absolute atomic E-state index is 11.1. The molecule has 1 heterocycles. The number of para-hydroxylation sites is 1. The molecule has 0 aliphatic heterocycles. The van der Waals surface area contributed by atoms with E-state index in [-0.39, 0.29) is 6.42 Å². The number of nitrogens with one attached hydrogen (secondary N) is 1. The van der Waals surface area contributed by atoms with E-state index in [2.05, 4.69) is 10.3 Å². The highest BCUT2D eigenvalue weighted by Crippen LogP contribution is 2.34. The number of carboxylic acid groups (broad SMARTS) is 1. The predicted octanol–water partition coefficient (Wildman–Crippen LogP) is 3.81.